The molecule has 2 aromatic carbocycles. The number of hydrogen-bond acceptors (Lipinski definition) is 5. The van der Waals surface area contributed by atoms with E-state index in [1.807, 2.05) is 0 Å². The molecule has 1 amide bonds. The first-order valence-electron chi connectivity index (χ1n) is 7.00. The lowest BCUT2D eigenvalue weighted by molar-refractivity contribution is -0.113. The second-order valence-corrected chi connectivity index (χ2v) is 7.13. The summed E-state index contributed by atoms with van der Waals surface area (Å²) in [6.07, 6.45) is 1.61. The Balaban J connectivity index is 1.95. The van der Waals surface area contributed by atoms with Gasteiger partial charge in [-0.2, -0.15) is 0 Å². The molecule has 0 aliphatic carbocycles. The van der Waals surface area contributed by atoms with Crippen molar-refractivity contribution in [3.63, 3.8) is 0 Å². The van der Waals surface area contributed by atoms with Gasteiger partial charge in [0.2, 0.25) is 0 Å². The number of amides is 1. The van der Waals surface area contributed by atoms with Gasteiger partial charge in [0, 0.05) is 0 Å². The Bertz CT molecular complexity index is 900. The Morgan fingerprint density at radius 1 is 1.32 bits per heavy atom. The van der Waals surface area contributed by atoms with Crippen molar-refractivity contribution in [3.05, 3.63) is 57.7 Å². The number of phenols is 1. The van der Waals surface area contributed by atoms with Gasteiger partial charge in [0.15, 0.2) is 15.8 Å². The second kappa shape index (κ2) is 7.03. The summed E-state index contributed by atoms with van der Waals surface area (Å²) in [6.45, 7) is 0. The highest BCUT2D eigenvalue weighted by molar-refractivity contribution is 8.27. The molecule has 0 unspecified atom stereocenters. The molecule has 0 aromatic heterocycles. The van der Waals surface area contributed by atoms with Gasteiger partial charge in [0.1, 0.15) is 5.82 Å². The van der Waals surface area contributed by atoms with Crippen molar-refractivity contribution >= 4 is 57.6 Å². The molecule has 25 heavy (non-hydrogen) atoms. The van der Waals surface area contributed by atoms with Crippen LogP contribution in [0.3, 0.4) is 0 Å². The molecule has 0 bridgehead atoms. The van der Waals surface area contributed by atoms with Crippen LogP contribution in [0.1, 0.15) is 5.56 Å². The lowest BCUT2D eigenvalue weighted by Gasteiger charge is -2.14. The molecule has 3 rings (SSSR count). The van der Waals surface area contributed by atoms with E-state index < -0.39 is 5.82 Å². The number of nitrogens with zero attached hydrogens (tertiary/aromatic N) is 1. The van der Waals surface area contributed by atoms with Crippen LogP contribution in [0.2, 0.25) is 5.02 Å². The third-order valence-electron chi connectivity index (χ3n) is 3.45. The van der Waals surface area contributed by atoms with E-state index in [2.05, 4.69) is 0 Å². The molecule has 1 fully saturated rings. The van der Waals surface area contributed by atoms with Gasteiger partial charge in [0.05, 0.1) is 22.7 Å². The van der Waals surface area contributed by atoms with Gasteiger partial charge in [0.25, 0.3) is 5.91 Å². The van der Waals surface area contributed by atoms with Crippen molar-refractivity contribution in [2.75, 3.05) is 12.0 Å². The van der Waals surface area contributed by atoms with E-state index >= 15 is 0 Å². The van der Waals surface area contributed by atoms with E-state index in [9.17, 15) is 14.3 Å². The number of phenolic OH excluding ortho intramolecular Hbond substituents is 1. The molecule has 8 heteroatoms. The normalized spacial score (nSPS) is 16.0. The molecule has 1 N–H and O–H groups in total. The summed E-state index contributed by atoms with van der Waals surface area (Å²) in [7, 11) is 1.41. The summed E-state index contributed by atoms with van der Waals surface area (Å²) in [5.74, 6) is -0.673. The molecule has 2 aromatic rings. The Kier molecular flexibility index (Phi) is 4.99. The fraction of sp³-hybridized carbons (Fsp3) is 0.0588. The van der Waals surface area contributed by atoms with E-state index in [-0.39, 0.29) is 22.4 Å². The van der Waals surface area contributed by atoms with Gasteiger partial charge < -0.3 is 9.84 Å². The summed E-state index contributed by atoms with van der Waals surface area (Å²) in [5, 5.41) is 9.89. The zero-order chi connectivity index (χ0) is 18.1. The predicted molar refractivity (Wildman–Crippen MR) is 102 cm³/mol. The van der Waals surface area contributed by atoms with Gasteiger partial charge in [-0.05, 0) is 48.0 Å². The number of halogens is 2. The van der Waals surface area contributed by atoms with Crippen molar-refractivity contribution in [2.24, 2.45) is 0 Å². The summed E-state index contributed by atoms with van der Waals surface area (Å²) in [5.41, 5.74) is 1.08. The SMILES string of the molecule is COc1cc(C=C2SC(=S)N(c3ccc(F)cc3)C2=O)cc(Cl)c1O. The van der Waals surface area contributed by atoms with Gasteiger partial charge in [-0.15, -0.1) is 0 Å². The number of carbonyl (C=O) groups excluding carboxylic acids is 1. The minimum atomic E-state index is -0.393. The maximum atomic E-state index is 13.1. The lowest BCUT2D eigenvalue weighted by atomic mass is 10.1. The first-order chi connectivity index (χ1) is 11.9. The Morgan fingerprint density at radius 2 is 2.00 bits per heavy atom. The predicted octanol–water partition coefficient (Wildman–Crippen LogP) is 4.60. The number of thioether (sulfide) groups is 1. The number of carbonyl (C=O) groups is 1. The summed E-state index contributed by atoms with van der Waals surface area (Å²) in [6, 6.07) is 8.59. The van der Waals surface area contributed by atoms with Gasteiger partial charge in [-0.25, -0.2) is 4.39 Å². The highest BCUT2D eigenvalue weighted by atomic mass is 35.5. The number of hydrogen-bond donors (Lipinski definition) is 1. The van der Waals surface area contributed by atoms with Crippen LogP contribution in [0.5, 0.6) is 11.5 Å². The number of methoxy groups -OCH3 is 1. The largest absolute Gasteiger partial charge is 0.503 e. The third kappa shape index (κ3) is 3.49. The molecule has 0 atom stereocenters. The summed E-state index contributed by atoms with van der Waals surface area (Å²) >= 11 is 12.4. The molecular formula is C17H11ClFNO3S2. The van der Waals surface area contributed by atoms with E-state index in [0.29, 0.717) is 20.5 Å². The van der Waals surface area contributed by atoms with Crippen LogP contribution in [0.4, 0.5) is 10.1 Å². The fourth-order valence-electron chi connectivity index (χ4n) is 2.26. The Labute approximate surface area is 157 Å². The number of rotatable bonds is 3. The van der Waals surface area contributed by atoms with Crippen molar-refractivity contribution < 1.29 is 19.0 Å². The van der Waals surface area contributed by atoms with E-state index in [1.165, 1.54) is 42.3 Å². The average molecular weight is 396 g/mol. The topological polar surface area (TPSA) is 49.8 Å². The number of anilines is 1. The zero-order valence-electron chi connectivity index (χ0n) is 12.8. The molecule has 0 spiro atoms. The van der Waals surface area contributed by atoms with Gasteiger partial charge in [-0.1, -0.05) is 35.6 Å². The summed E-state index contributed by atoms with van der Waals surface area (Å²) in [4.78, 5) is 14.4. The molecule has 1 aliphatic heterocycles. The lowest BCUT2D eigenvalue weighted by Crippen LogP contribution is -2.27. The van der Waals surface area contributed by atoms with Crippen molar-refractivity contribution in [3.8, 4) is 11.5 Å². The van der Waals surface area contributed by atoms with Crippen LogP contribution >= 0.6 is 35.6 Å². The first-order valence-corrected chi connectivity index (χ1v) is 8.61. The minimum Gasteiger partial charge on any atom is -0.503 e. The molecule has 1 heterocycles. The highest BCUT2D eigenvalue weighted by Crippen LogP contribution is 2.39. The first kappa shape index (κ1) is 17.7. The van der Waals surface area contributed by atoms with Gasteiger partial charge >= 0.3 is 0 Å². The second-order valence-electron chi connectivity index (χ2n) is 5.05. The molecule has 4 nitrogen and oxygen atoms in total. The van der Waals surface area contributed by atoms with Crippen molar-refractivity contribution in [1.82, 2.24) is 0 Å². The molecular weight excluding hydrogens is 385 g/mol. The molecule has 1 saturated heterocycles. The van der Waals surface area contributed by atoms with Crippen molar-refractivity contribution in [1.29, 1.82) is 0 Å². The smallest absolute Gasteiger partial charge is 0.270 e. The molecule has 0 saturated carbocycles. The maximum Gasteiger partial charge on any atom is 0.270 e. The number of ether oxygens (including phenoxy) is 1. The summed E-state index contributed by atoms with van der Waals surface area (Å²) < 4.78 is 18.5. The monoisotopic (exact) mass is 395 g/mol. The molecule has 0 radical (unpaired) electrons. The van der Waals surface area contributed by atoms with Crippen LogP contribution in [-0.2, 0) is 4.79 Å². The molecule has 128 valence electrons. The number of benzene rings is 2. The van der Waals surface area contributed by atoms with E-state index in [1.54, 1.807) is 12.1 Å². The van der Waals surface area contributed by atoms with Gasteiger partial charge in [-0.3, -0.25) is 9.69 Å². The Hall–Kier alpha value is -2.09. The van der Waals surface area contributed by atoms with Crippen LogP contribution < -0.4 is 9.64 Å². The van der Waals surface area contributed by atoms with Crippen LogP contribution in [0.15, 0.2) is 41.3 Å². The van der Waals surface area contributed by atoms with Crippen LogP contribution in [0.25, 0.3) is 6.08 Å². The zero-order valence-corrected chi connectivity index (χ0v) is 15.2. The van der Waals surface area contributed by atoms with Crippen molar-refractivity contribution in [2.45, 2.75) is 0 Å². The highest BCUT2D eigenvalue weighted by Gasteiger charge is 2.33. The van der Waals surface area contributed by atoms with E-state index in [4.69, 9.17) is 28.6 Å². The van der Waals surface area contributed by atoms with Crippen LogP contribution in [0, 0.1) is 5.82 Å². The fourth-order valence-corrected chi connectivity index (χ4v) is 3.78. The number of thiocarbonyl (C=S) groups is 1. The average Bonchev–Trinajstić information content (AvgIpc) is 2.85. The number of aromatic hydroxyl groups is 1. The molecule has 1 aliphatic rings. The standard InChI is InChI=1S/C17H11ClFNO3S2/c1-23-13-7-9(6-12(18)15(13)21)8-14-16(22)20(17(24)25-14)11-4-2-10(19)3-5-11/h2-8,21H,1H3. The maximum absolute atomic E-state index is 13.1. The van der Waals surface area contributed by atoms with Crippen LogP contribution in [-0.4, -0.2) is 22.4 Å². The quantitative estimate of drug-likeness (QED) is 0.608. The Morgan fingerprint density at radius 3 is 2.64 bits per heavy atom. The third-order valence-corrected chi connectivity index (χ3v) is 5.04. The van der Waals surface area contributed by atoms with E-state index in [0.717, 1.165) is 11.8 Å². The minimum absolute atomic E-state index is 0.111.